The van der Waals surface area contributed by atoms with Crippen LogP contribution in [0.4, 0.5) is 0 Å². The molecule has 0 atom stereocenters. The van der Waals surface area contributed by atoms with Gasteiger partial charge in [-0.2, -0.15) is 0 Å². The molecular formula is C17H18O2. The summed E-state index contributed by atoms with van der Waals surface area (Å²) < 4.78 is 5.33. The summed E-state index contributed by atoms with van der Waals surface area (Å²) in [5.74, 6) is -0.188. The third-order valence-electron chi connectivity index (χ3n) is 3.08. The molecule has 0 amide bonds. The first-order valence-corrected chi connectivity index (χ1v) is 6.41. The van der Waals surface area contributed by atoms with E-state index < -0.39 is 0 Å². The maximum Gasteiger partial charge on any atom is 0.310 e. The van der Waals surface area contributed by atoms with E-state index in [0.717, 1.165) is 16.7 Å². The van der Waals surface area contributed by atoms with E-state index in [1.165, 1.54) is 5.56 Å². The summed E-state index contributed by atoms with van der Waals surface area (Å²) in [7, 11) is 0. The standard InChI is InChI=1S/C17H18O2/c1-13-8-9-14(2)16(10-13)12-19-17(18)11-15-6-4-3-5-7-15/h3-10H,11-12H2,1-2H3. The lowest BCUT2D eigenvalue weighted by atomic mass is 10.1. The number of hydrogen-bond acceptors (Lipinski definition) is 2. The molecule has 0 saturated carbocycles. The van der Waals surface area contributed by atoms with Gasteiger partial charge in [0.2, 0.25) is 0 Å². The Bertz CT molecular complexity index is 559. The number of benzene rings is 2. The quantitative estimate of drug-likeness (QED) is 0.779. The summed E-state index contributed by atoms with van der Waals surface area (Å²) in [6.07, 6.45) is 0.325. The number of carbonyl (C=O) groups excluding carboxylic acids is 1. The summed E-state index contributed by atoms with van der Waals surface area (Å²) in [6, 6.07) is 15.8. The van der Waals surface area contributed by atoms with Gasteiger partial charge < -0.3 is 4.74 Å². The maximum absolute atomic E-state index is 11.8. The van der Waals surface area contributed by atoms with Crippen LogP contribution in [0.2, 0.25) is 0 Å². The highest BCUT2D eigenvalue weighted by Gasteiger charge is 2.06. The first-order valence-electron chi connectivity index (χ1n) is 6.41. The van der Waals surface area contributed by atoms with Crippen LogP contribution in [0, 0.1) is 13.8 Å². The molecule has 2 nitrogen and oxygen atoms in total. The number of ether oxygens (including phenoxy) is 1. The second-order valence-corrected chi connectivity index (χ2v) is 4.75. The lowest BCUT2D eigenvalue weighted by Crippen LogP contribution is -2.08. The van der Waals surface area contributed by atoms with Crippen LogP contribution in [0.15, 0.2) is 48.5 Å². The van der Waals surface area contributed by atoms with E-state index in [0.29, 0.717) is 13.0 Å². The van der Waals surface area contributed by atoms with Gasteiger partial charge in [-0.1, -0.05) is 54.1 Å². The molecule has 0 aliphatic heterocycles. The first-order chi connectivity index (χ1) is 9.15. The van der Waals surface area contributed by atoms with Gasteiger partial charge in [0.25, 0.3) is 0 Å². The Morgan fingerprint density at radius 2 is 1.79 bits per heavy atom. The normalized spacial score (nSPS) is 10.2. The third-order valence-corrected chi connectivity index (χ3v) is 3.08. The van der Waals surface area contributed by atoms with Gasteiger partial charge in [-0.3, -0.25) is 4.79 Å². The molecule has 2 aromatic rings. The van der Waals surface area contributed by atoms with E-state index >= 15 is 0 Å². The molecule has 0 aliphatic rings. The molecule has 0 heterocycles. The summed E-state index contributed by atoms with van der Waals surface area (Å²) in [6.45, 7) is 4.41. The van der Waals surface area contributed by atoms with Crippen LogP contribution in [0.1, 0.15) is 22.3 Å². The van der Waals surface area contributed by atoms with Crippen LogP contribution < -0.4 is 0 Å². The Balaban J connectivity index is 1.92. The molecule has 2 aromatic carbocycles. The zero-order valence-electron chi connectivity index (χ0n) is 11.3. The molecule has 19 heavy (non-hydrogen) atoms. The molecule has 0 unspecified atom stereocenters. The molecular weight excluding hydrogens is 236 g/mol. The predicted molar refractivity (Wildman–Crippen MR) is 75.9 cm³/mol. The largest absolute Gasteiger partial charge is 0.461 e. The van der Waals surface area contributed by atoms with Crippen molar-refractivity contribution in [2.75, 3.05) is 0 Å². The van der Waals surface area contributed by atoms with Gasteiger partial charge in [0, 0.05) is 0 Å². The molecule has 98 valence electrons. The molecule has 2 heteroatoms. The minimum absolute atomic E-state index is 0.188. The van der Waals surface area contributed by atoms with Crippen molar-refractivity contribution in [3.05, 3.63) is 70.8 Å². The lowest BCUT2D eigenvalue weighted by Gasteiger charge is -2.08. The van der Waals surface area contributed by atoms with Gasteiger partial charge >= 0.3 is 5.97 Å². The van der Waals surface area contributed by atoms with E-state index in [9.17, 15) is 4.79 Å². The Labute approximate surface area is 114 Å². The number of esters is 1. The molecule has 0 bridgehead atoms. The highest BCUT2D eigenvalue weighted by molar-refractivity contribution is 5.72. The fourth-order valence-corrected chi connectivity index (χ4v) is 1.93. The SMILES string of the molecule is Cc1ccc(C)c(COC(=O)Cc2ccccc2)c1. The average molecular weight is 254 g/mol. The Kier molecular flexibility index (Phi) is 4.35. The van der Waals surface area contributed by atoms with Gasteiger partial charge in [0.05, 0.1) is 6.42 Å². The number of aryl methyl sites for hydroxylation is 2. The van der Waals surface area contributed by atoms with Gasteiger partial charge in [0.15, 0.2) is 0 Å². The average Bonchev–Trinajstić information content (AvgIpc) is 2.41. The van der Waals surface area contributed by atoms with Crippen molar-refractivity contribution in [3.63, 3.8) is 0 Å². The Morgan fingerprint density at radius 1 is 1.05 bits per heavy atom. The molecule has 0 fully saturated rings. The van der Waals surface area contributed by atoms with Crippen LogP contribution in [0.3, 0.4) is 0 Å². The molecule has 0 spiro atoms. The Morgan fingerprint density at radius 3 is 2.53 bits per heavy atom. The van der Waals surface area contributed by atoms with Gasteiger partial charge in [-0.15, -0.1) is 0 Å². The zero-order valence-corrected chi connectivity index (χ0v) is 11.3. The van der Waals surface area contributed by atoms with Crippen molar-refractivity contribution in [2.24, 2.45) is 0 Å². The summed E-state index contributed by atoms with van der Waals surface area (Å²) in [4.78, 5) is 11.8. The minimum atomic E-state index is -0.188. The molecule has 0 saturated heterocycles. The first kappa shape index (κ1) is 13.3. The monoisotopic (exact) mass is 254 g/mol. The van der Waals surface area contributed by atoms with Gasteiger partial charge in [0.1, 0.15) is 6.61 Å². The van der Waals surface area contributed by atoms with E-state index in [2.05, 4.69) is 18.2 Å². The molecule has 2 rings (SSSR count). The van der Waals surface area contributed by atoms with Crippen molar-refractivity contribution in [2.45, 2.75) is 26.9 Å². The van der Waals surface area contributed by atoms with Crippen LogP contribution in [-0.2, 0) is 22.6 Å². The van der Waals surface area contributed by atoms with Crippen molar-refractivity contribution in [3.8, 4) is 0 Å². The van der Waals surface area contributed by atoms with E-state index in [1.54, 1.807) is 0 Å². The van der Waals surface area contributed by atoms with Crippen molar-refractivity contribution < 1.29 is 9.53 Å². The topological polar surface area (TPSA) is 26.3 Å². The second kappa shape index (κ2) is 6.19. The fourth-order valence-electron chi connectivity index (χ4n) is 1.93. The van der Waals surface area contributed by atoms with Gasteiger partial charge in [-0.25, -0.2) is 0 Å². The maximum atomic E-state index is 11.8. The number of rotatable bonds is 4. The second-order valence-electron chi connectivity index (χ2n) is 4.75. The van der Waals surface area contributed by atoms with E-state index in [1.807, 2.05) is 44.2 Å². The van der Waals surface area contributed by atoms with Crippen LogP contribution in [-0.4, -0.2) is 5.97 Å². The Hall–Kier alpha value is -2.09. The fraction of sp³-hybridized carbons (Fsp3) is 0.235. The van der Waals surface area contributed by atoms with Crippen molar-refractivity contribution in [1.29, 1.82) is 0 Å². The molecule has 0 N–H and O–H groups in total. The summed E-state index contributed by atoms with van der Waals surface area (Å²) in [5, 5.41) is 0. The van der Waals surface area contributed by atoms with Crippen LogP contribution >= 0.6 is 0 Å². The highest BCUT2D eigenvalue weighted by Crippen LogP contribution is 2.12. The number of hydrogen-bond donors (Lipinski definition) is 0. The zero-order chi connectivity index (χ0) is 13.7. The highest BCUT2D eigenvalue weighted by atomic mass is 16.5. The molecule has 0 radical (unpaired) electrons. The van der Waals surface area contributed by atoms with E-state index in [-0.39, 0.29) is 5.97 Å². The minimum Gasteiger partial charge on any atom is -0.461 e. The number of carbonyl (C=O) groups is 1. The van der Waals surface area contributed by atoms with Gasteiger partial charge in [-0.05, 0) is 30.5 Å². The van der Waals surface area contributed by atoms with Crippen LogP contribution in [0.25, 0.3) is 0 Å². The third kappa shape index (κ3) is 3.95. The molecule has 0 aliphatic carbocycles. The molecule has 0 aromatic heterocycles. The lowest BCUT2D eigenvalue weighted by molar-refractivity contribution is -0.144. The smallest absolute Gasteiger partial charge is 0.310 e. The van der Waals surface area contributed by atoms with Crippen molar-refractivity contribution in [1.82, 2.24) is 0 Å². The predicted octanol–water partition coefficient (Wildman–Crippen LogP) is 3.59. The van der Waals surface area contributed by atoms with Crippen molar-refractivity contribution >= 4 is 5.97 Å². The van der Waals surface area contributed by atoms with E-state index in [4.69, 9.17) is 4.74 Å². The van der Waals surface area contributed by atoms with Crippen LogP contribution in [0.5, 0.6) is 0 Å². The summed E-state index contributed by atoms with van der Waals surface area (Å²) in [5.41, 5.74) is 4.38. The summed E-state index contributed by atoms with van der Waals surface area (Å²) >= 11 is 0.